The highest BCUT2D eigenvalue weighted by Crippen LogP contribution is 2.52. The monoisotopic (exact) mass is 600 g/mol. The number of para-hydroxylation sites is 4. The predicted molar refractivity (Wildman–Crippen MR) is 183 cm³/mol. The van der Waals surface area contributed by atoms with Crippen LogP contribution in [0.1, 0.15) is 0 Å². The molecule has 1 aliphatic rings. The normalized spacial score (nSPS) is 12.4. The topological polar surface area (TPSA) is 48.7 Å². The van der Waals surface area contributed by atoms with E-state index in [1.54, 1.807) is 0 Å². The van der Waals surface area contributed by atoms with E-state index >= 15 is 4.57 Å². The highest BCUT2D eigenvalue weighted by molar-refractivity contribution is 7.85. The zero-order valence-corrected chi connectivity index (χ0v) is 24.9. The Bertz CT molecular complexity index is 2420. The summed E-state index contributed by atoms with van der Waals surface area (Å²) in [5, 5.41) is 6.07. The van der Waals surface area contributed by atoms with Crippen LogP contribution in [0.15, 0.2) is 156 Å². The zero-order valence-electron chi connectivity index (χ0n) is 24.0. The average molecular weight is 601 g/mol. The first kappa shape index (κ1) is 25.9. The number of rotatable bonds is 4. The van der Waals surface area contributed by atoms with E-state index in [4.69, 9.17) is 13.9 Å². The molecule has 0 saturated carbocycles. The summed E-state index contributed by atoms with van der Waals surface area (Å²) >= 11 is 0. The molecule has 8 aromatic rings. The van der Waals surface area contributed by atoms with Crippen molar-refractivity contribution in [1.82, 2.24) is 0 Å². The van der Waals surface area contributed by atoms with Crippen LogP contribution in [0, 0.1) is 0 Å². The van der Waals surface area contributed by atoms with Crippen molar-refractivity contribution in [3.63, 3.8) is 0 Å². The van der Waals surface area contributed by atoms with Gasteiger partial charge in [0.05, 0.1) is 5.30 Å². The second-order valence-corrected chi connectivity index (χ2v) is 13.9. The molecule has 45 heavy (non-hydrogen) atoms. The van der Waals surface area contributed by atoms with Gasteiger partial charge < -0.3 is 18.5 Å². The first-order chi connectivity index (χ1) is 22.2. The number of hydrogen-bond acceptors (Lipinski definition) is 4. The second-order valence-electron chi connectivity index (χ2n) is 11.2. The second kappa shape index (κ2) is 9.99. The van der Waals surface area contributed by atoms with Crippen molar-refractivity contribution in [1.29, 1.82) is 0 Å². The first-order valence-corrected chi connectivity index (χ1v) is 16.6. The van der Waals surface area contributed by atoms with Gasteiger partial charge in [-0.05, 0) is 35.2 Å². The standard InChI is InChI=1S/C40H25O4P/c41-45(26-13-3-1-4-14-26,27-15-5-2-6-16-27)37-24-12-21-31-30-19-11-20-32(38(30)44-40(31)37)33-25-36-39(29-18-8-7-17-28(29)33)43-35-23-10-9-22-34(35)42-36/h1-25H. The third-order valence-corrected chi connectivity index (χ3v) is 11.7. The van der Waals surface area contributed by atoms with Crippen LogP contribution in [0.25, 0.3) is 43.8 Å². The first-order valence-electron chi connectivity index (χ1n) is 14.9. The number of hydrogen-bond donors (Lipinski definition) is 0. The van der Waals surface area contributed by atoms with Crippen molar-refractivity contribution >= 4 is 55.8 Å². The van der Waals surface area contributed by atoms with Crippen molar-refractivity contribution in [2.24, 2.45) is 0 Å². The number of ether oxygens (including phenoxy) is 2. The number of benzene rings is 7. The lowest BCUT2D eigenvalue weighted by Crippen LogP contribution is -2.25. The van der Waals surface area contributed by atoms with E-state index in [9.17, 15) is 0 Å². The van der Waals surface area contributed by atoms with Crippen LogP contribution in [0.2, 0.25) is 0 Å². The minimum Gasteiger partial charge on any atom is -0.455 e. The van der Waals surface area contributed by atoms with Crippen LogP contribution in [-0.4, -0.2) is 0 Å². The van der Waals surface area contributed by atoms with E-state index in [0.717, 1.165) is 48.9 Å². The fourth-order valence-electron chi connectivity index (χ4n) is 6.54. The van der Waals surface area contributed by atoms with E-state index in [2.05, 4.69) is 24.3 Å². The molecule has 0 N–H and O–H groups in total. The third-order valence-electron chi connectivity index (χ3n) is 8.61. The van der Waals surface area contributed by atoms with Crippen LogP contribution >= 0.6 is 7.14 Å². The van der Waals surface area contributed by atoms with Crippen LogP contribution in [0.5, 0.6) is 23.0 Å². The van der Waals surface area contributed by atoms with E-state index in [0.29, 0.717) is 33.9 Å². The molecule has 0 radical (unpaired) electrons. The summed E-state index contributed by atoms with van der Waals surface area (Å²) < 4.78 is 35.0. The number of furan rings is 1. The molecule has 9 rings (SSSR count). The summed E-state index contributed by atoms with van der Waals surface area (Å²) in [4.78, 5) is 0. The summed E-state index contributed by atoms with van der Waals surface area (Å²) in [5.41, 5.74) is 3.25. The lowest BCUT2D eigenvalue weighted by Gasteiger charge is -2.23. The SMILES string of the molecule is O=P(c1ccccc1)(c1ccccc1)c1cccc2c1oc1c(-c3cc4c(c5ccccc35)Oc3ccccc3O4)cccc12. The Kier molecular flexibility index (Phi) is 5.74. The van der Waals surface area contributed by atoms with Gasteiger partial charge in [-0.3, -0.25) is 0 Å². The number of fused-ring (bicyclic) bond motifs is 7. The minimum atomic E-state index is -3.28. The summed E-state index contributed by atoms with van der Waals surface area (Å²) in [7, 11) is -3.28. The van der Waals surface area contributed by atoms with Gasteiger partial charge in [0, 0.05) is 32.3 Å². The smallest absolute Gasteiger partial charge is 0.177 e. The Morgan fingerprint density at radius 2 is 0.978 bits per heavy atom. The molecule has 2 heterocycles. The maximum atomic E-state index is 15.4. The average Bonchev–Trinajstić information content (AvgIpc) is 3.50. The largest absolute Gasteiger partial charge is 0.455 e. The molecule has 0 amide bonds. The van der Waals surface area contributed by atoms with Gasteiger partial charge >= 0.3 is 0 Å². The van der Waals surface area contributed by atoms with Gasteiger partial charge in [-0.15, -0.1) is 0 Å². The third kappa shape index (κ3) is 3.90. The lowest BCUT2D eigenvalue weighted by molar-refractivity contribution is 0.363. The molecule has 0 bridgehead atoms. The Morgan fingerprint density at radius 3 is 1.69 bits per heavy atom. The predicted octanol–water partition coefficient (Wildman–Crippen LogP) is 9.94. The van der Waals surface area contributed by atoms with Crippen LogP contribution < -0.4 is 25.4 Å². The van der Waals surface area contributed by atoms with Crippen molar-refractivity contribution in [2.45, 2.75) is 0 Å². The van der Waals surface area contributed by atoms with Gasteiger partial charge in [-0.2, -0.15) is 0 Å². The fraction of sp³-hybridized carbons (Fsp3) is 0. The molecule has 7 aromatic carbocycles. The molecule has 0 aliphatic carbocycles. The van der Waals surface area contributed by atoms with Crippen LogP contribution in [0.3, 0.4) is 0 Å². The molecule has 4 nitrogen and oxygen atoms in total. The minimum absolute atomic E-state index is 0.631. The highest BCUT2D eigenvalue weighted by Gasteiger charge is 2.33. The van der Waals surface area contributed by atoms with E-state index in [-0.39, 0.29) is 0 Å². The van der Waals surface area contributed by atoms with Gasteiger partial charge in [-0.1, -0.05) is 127 Å². The molecular weight excluding hydrogens is 575 g/mol. The Balaban J connectivity index is 1.31. The Morgan fingerprint density at radius 1 is 0.422 bits per heavy atom. The van der Waals surface area contributed by atoms with E-state index < -0.39 is 7.14 Å². The molecule has 0 atom stereocenters. The van der Waals surface area contributed by atoms with Gasteiger partial charge in [0.1, 0.15) is 11.2 Å². The highest BCUT2D eigenvalue weighted by atomic mass is 31.2. The fourth-order valence-corrected chi connectivity index (χ4v) is 9.33. The quantitative estimate of drug-likeness (QED) is 0.189. The molecule has 0 saturated heterocycles. The maximum absolute atomic E-state index is 15.4. The summed E-state index contributed by atoms with van der Waals surface area (Å²) in [6, 6.07) is 49.5. The zero-order chi connectivity index (χ0) is 30.0. The molecular formula is C40H25O4P. The van der Waals surface area contributed by atoms with Crippen molar-refractivity contribution in [2.75, 3.05) is 0 Å². The van der Waals surface area contributed by atoms with E-state index in [1.807, 2.05) is 127 Å². The van der Waals surface area contributed by atoms with Crippen LogP contribution in [0.4, 0.5) is 0 Å². The van der Waals surface area contributed by atoms with Crippen molar-refractivity contribution < 1.29 is 18.5 Å². The molecule has 214 valence electrons. The molecule has 0 spiro atoms. The molecule has 5 heteroatoms. The Hall–Kier alpha value is -5.57. The molecule has 1 aromatic heterocycles. The molecule has 0 unspecified atom stereocenters. The van der Waals surface area contributed by atoms with Gasteiger partial charge in [0.25, 0.3) is 0 Å². The van der Waals surface area contributed by atoms with Crippen molar-refractivity contribution in [3.8, 4) is 34.1 Å². The maximum Gasteiger partial charge on any atom is 0.177 e. The summed E-state index contributed by atoms with van der Waals surface area (Å²) in [5.74, 6) is 2.71. The molecule has 0 fully saturated rings. The summed E-state index contributed by atoms with van der Waals surface area (Å²) in [6.45, 7) is 0. The van der Waals surface area contributed by atoms with Gasteiger partial charge in [0.15, 0.2) is 30.1 Å². The Labute approximate surface area is 259 Å². The van der Waals surface area contributed by atoms with Gasteiger partial charge in [0.2, 0.25) is 0 Å². The molecule has 1 aliphatic heterocycles. The summed E-state index contributed by atoms with van der Waals surface area (Å²) in [6.07, 6.45) is 0. The lowest BCUT2D eigenvalue weighted by atomic mass is 9.95. The van der Waals surface area contributed by atoms with Crippen LogP contribution in [-0.2, 0) is 4.57 Å². The van der Waals surface area contributed by atoms with Crippen molar-refractivity contribution in [3.05, 3.63) is 152 Å². The van der Waals surface area contributed by atoms with E-state index in [1.165, 1.54) is 0 Å². The van der Waals surface area contributed by atoms with Gasteiger partial charge in [-0.25, -0.2) is 0 Å².